The van der Waals surface area contributed by atoms with Gasteiger partial charge >= 0.3 is 5.97 Å². The summed E-state index contributed by atoms with van der Waals surface area (Å²) in [7, 11) is 1.19. The van der Waals surface area contributed by atoms with E-state index in [0.29, 0.717) is 5.33 Å². The van der Waals surface area contributed by atoms with Gasteiger partial charge in [0.25, 0.3) is 5.69 Å². The summed E-state index contributed by atoms with van der Waals surface area (Å²) in [6, 6.07) is 2.86. The number of hydrogen-bond donors (Lipinski definition) is 0. The number of rotatable bonds is 3. The molecule has 0 aliphatic rings. The van der Waals surface area contributed by atoms with E-state index in [1.807, 2.05) is 0 Å². The summed E-state index contributed by atoms with van der Waals surface area (Å²) < 4.78 is 4.50. The Morgan fingerprint density at radius 3 is 2.62 bits per heavy atom. The molecule has 0 aliphatic carbocycles. The lowest BCUT2D eigenvalue weighted by atomic mass is 10.0. The molecule has 0 saturated heterocycles. The summed E-state index contributed by atoms with van der Waals surface area (Å²) in [5.74, 6) is -0.698. The third kappa shape index (κ3) is 2.38. The molecule has 1 aromatic carbocycles. The van der Waals surface area contributed by atoms with Crippen molar-refractivity contribution in [2.75, 3.05) is 7.11 Å². The van der Waals surface area contributed by atoms with Crippen molar-refractivity contribution in [3.8, 4) is 0 Å². The van der Waals surface area contributed by atoms with Crippen molar-refractivity contribution in [1.82, 2.24) is 0 Å². The highest BCUT2D eigenvalue weighted by Crippen LogP contribution is 2.25. The molecule has 0 unspecified atom stereocenters. The molecular formula is C10H10BrNO4. The van der Waals surface area contributed by atoms with E-state index in [-0.39, 0.29) is 11.3 Å². The zero-order valence-corrected chi connectivity index (χ0v) is 10.4. The SMILES string of the molecule is COC(=O)c1cc(C)c(CBr)cc1[N+](=O)[O-]. The minimum atomic E-state index is -0.698. The molecular weight excluding hydrogens is 278 g/mol. The number of carbonyl (C=O) groups is 1. The number of hydrogen-bond acceptors (Lipinski definition) is 4. The second-order valence-electron chi connectivity index (χ2n) is 3.18. The van der Waals surface area contributed by atoms with Gasteiger partial charge in [-0.3, -0.25) is 10.1 Å². The van der Waals surface area contributed by atoms with Gasteiger partial charge in [0.15, 0.2) is 0 Å². The van der Waals surface area contributed by atoms with Crippen molar-refractivity contribution in [2.24, 2.45) is 0 Å². The standard InChI is InChI=1S/C10H10BrNO4/c1-6-3-8(10(13)16-2)9(12(14)15)4-7(6)5-11/h3-4H,5H2,1-2H3. The molecule has 0 spiro atoms. The lowest BCUT2D eigenvalue weighted by molar-refractivity contribution is -0.385. The number of methoxy groups -OCH3 is 1. The maximum Gasteiger partial charge on any atom is 0.344 e. The molecule has 1 rings (SSSR count). The van der Waals surface area contributed by atoms with Gasteiger partial charge in [0.1, 0.15) is 5.56 Å². The minimum Gasteiger partial charge on any atom is -0.465 e. The van der Waals surface area contributed by atoms with Gasteiger partial charge in [0.05, 0.1) is 12.0 Å². The number of nitro benzene ring substituents is 1. The summed E-state index contributed by atoms with van der Waals surface area (Å²) in [6.45, 7) is 1.78. The number of aryl methyl sites for hydroxylation is 1. The number of nitrogens with zero attached hydrogens (tertiary/aromatic N) is 1. The van der Waals surface area contributed by atoms with Gasteiger partial charge in [0, 0.05) is 11.4 Å². The van der Waals surface area contributed by atoms with E-state index in [4.69, 9.17) is 0 Å². The predicted molar refractivity (Wildman–Crippen MR) is 61.8 cm³/mol. The summed E-state index contributed by atoms with van der Waals surface area (Å²) in [5.41, 5.74) is 1.34. The van der Waals surface area contributed by atoms with E-state index >= 15 is 0 Å². The van der Waals surface area contributed by atoms with Crippen LogP contribution in [0.2, 0.25) is 0 Å². The van der Waals surface area contributed by atoms with E-state index in [1.54, 1.807) is 6.92 Å². The van der Waals surface area contributed by atoms with Crippen LogP contribution < -0.4 is 0 Å². The third-order valence-corrected chi connectivity index (χ3v) is 2.80. The number of carbonyl (C=O) groups excluding carboxylic acids is 1. The van der Waals surface area contributed by atoms with E-state index < -0.39 is 10.9 Å². The topological polar surface area (TPSA) is 69.4 Å². The molecule has 6 heteroatoms. The Morgan fingerprint density at radius 1 is 1.56 bits per heavy atom. The van der Waals surface area contributed by atoms with Crippen LogP contribution in [0.3, 0.4) is 0 Å². The summed E-state index contributed by atoms with van der Waals surface area (Å²) >= 11 is 3.23. The highest BCUT2D eigenvalue weighted by molar-refractivity contribution is 9.08. The number of nitro groups is 1. The first kappa shape index (κ1) is 12.6. The number of benzene rings is 1. The molecule has 0 N–H and O–H groups in total. The number of alkyl halides is 1. The number of esters is 1. The molecule has 0 heterocycles. The zero-order chi connectivity index (χ0) is 12.3. The molecule has 86 valence electrons. The van der Waals surface area contributed by atoms with Gasteiger partial charge < -0.3 is 4.74 Å². The van der Waals surface area contributed by atoms with Crippen LogP contribution in [0.15, 0.2) is 12.1 Å². The van der Waals surface area contributed by atoms with E-state index in [2.05, 4.69) is 20.7 Å². The molecule has 0 aliphatic heterocycles. The third-order valence-electron chi connectivity index (χ3n) is 2.20. The first-order chi connectivity index (χ1) is 7.51. The van der Waals surface area contributed by atoms with Crippen molar-refractivity contribution < 1.29 is 14.5 Å². The van der Waals surface area contributed by atoms with Gasteiger partial charge in [-0.1, -0.05) is 15.9 Å². The van der Waals surface area contributed by atoms with Gasteiger partial charge in [-0.25, -0.2) is 4.79 Å². The Balaban J connectivity index is 3.42. The van der Waals surface area contributed by atoms with Crippen molar-refractivity contribution in [3.63, 3.8) is 0 Å². The van der Waals surface area contributed by atoms with Crippen molar-refractivity contribution in [3.05, 3.63) is 38.9 Å². The molecule has 0 radical (unpaired) electrons. The predicted octanol–water partition coefficient (Wildman–Crippen LogP) is 2.58. The Bertz CT molecular complexity index is 445. The van der Waals surface area contributed by atoms with Crippen LogP contribution in [0.5, 0.6) is 0 Å². The normalized spacial score (nSPS) is 9.94. The summed E-state index contributed by atoms with van der Waals surface area (Å²) in [6.07, 6.45) is 0. The van der Waals surface area contributed by atoms with Crippen LogP contribution in [0.4, 0.5) is 5.69 Å². The van der Waals surface area contributed by atoms with Gasteiger partial charge in [-0.05, 0) is 24.1 Å². The first-order valence-corrected chi connectivity index (χ1v) is 5.55. The Morgan fingerprint density at radius 2 is 2.19 bits per heavy atom. The molecule has 0 amide bonds. The quantitative estimate of drug-likeness (QED) is 0.371. The van der Waals surface area contributed by atoms with Crippen molar-refractivity contribution in [2.45, 2.75) is 12.3 Å². The van der Waals surface area contributed by atoms with Crippen LogP contribution in [0, 0.1) is 17.0 Å². The van der Waals surface area contributed by atoms with Gasteiger partial charge in [-0.2, -0.15) is 0 Å². The molecule has 16 heavy (non-hydrogen) atoms. The fraction of sp³-hybridized carbons (Fsp3) is 0.300. The van der Waals surface area contributed by atoms with E-state index in [0.717, 1.165) is 11.1 Å². The highest BCUT2D eigenvalue weighted by atomic mass is 79.9. The average Bonchev–Trinajstić information content (AvgIpc) is 2.27. The summed E-state index contributed by atoms with van der Waals surface area (Å²) in [4.78, 5) is 21.6. The maximum absolute atomic E-state index is 11.4. The fourth-order valence-corrected chi connectivity index (χ4v) is 1.91. The second kappa shape index (κ2) is 5.07. The monoisotopic (exact) mass is 287 g/mol. The molecule has 0 bridgehead atoms. The minimum absolute atomic E-state index is 0.0188. The molecule has 5 nitrogen and oxygen atoms in total. The van der Waals surface area contributed by atoms with Gasteiger partial charge in [-0.15, -0.1) is 0 Å². The van der Waals surface area contributed by atoms with E-state index in [1.165, 1.54) is 19.2 Å². The Labute approximate surface area is 101 Å². The first-order valence-electron chi connectivity index (χ1n) is 4.43. The fourth-order valence-electron chi connectivity index (χ4n) is 1.31. The van der Waals surface area contributed by atoms with E-state index in [9.17, 15) is 14.9 Å². The lowest BCUT2D eigenvalue weighted by Gasteiger charge is -2.06. The average molecular weight is 288 g/mol. The summed E-state index contributed by atoms with van der Waals surface area (Å²) in [5, 5.41) is 11.3. The zero-order valence-electron chi connectivity index (χ0n) is 8.82. The van der Waals surface area contributed by atoms with Gasteiger partial charge in [0.2, 0.25) is 0 Å². The molecule has 0 saturated carbocycles. The molecule has 0 fully saturated rings. The van der Waals surface area contributed by atoms with Crippen LogP contribution in [0.25, 0.3) is 0 Å². The largest absolute Gasteiger partial charge is 0.465 e. The van der Waals surface area contributed by atoms with Crippen LogP contribution >= 0.6 is 15.9 Å². The van der Waals surface area contributed by atoms with Crippen molar-refractivity contribution in [1.29, 1.82) is 0 Å². The molecule has 0 atom stereocenters. The molecule has 0 aromatic heterocycles. The second-order valence-corrected chi connectivity index (χ2v) is 3.74. The highest BCUT2D eigenvalue weighted by Gasteiger charge is 2.22. The lowest BCUT2D eigenvalue weighted by Crippen LogP contribution is -2.07. The maximum atomic E-state index is 11.4. The van der Waals surface area contributed by atoms with Crippen molar-refractivity contribution >= 4 is 27.6 Å². The molecule has 1 aromatic rings. The smallest absolute Gasteiger partial charge is 0.344 e. The Hall–Kier alpha value is -1.43. The van der Waals surface area contributed by atoms with Crippen LogP contribution in [-0.2, 0) is 10.1 Å². The Kier molecular flexibility index (Phi) is 4.00. The van der Waals surface area contributed by atoms with Crippen LogP contribution in [-0.4, -0.2) is 18.0 Å². The number of halogens is 1. The number of ether oxygens (including phenoxy) is 1. The van der Waals surface area contributed by atoms with Crippen LogP contribution in [0.1, 0.15) is 21.5 Å².